The van der Waals surface area contributed by atoms with Gasteiger partial charge in [-0.15, -0.1) is 0 Å². The Morgan fingerprint density at radius 3 is 2.44 bits per heavy atom. The lowest BCUT2D eigenvalue weighted by Gasteiger charge is -2.38. The topological polar surface area (TPSA) is 35.5 Å². The maximum atomic E-state index is 9.56. The van der Waals surface area contributed by atoms with Crippen molar-refractivity contribution in [3.63, 3.8) is 0 Å². The summed E-state index contributed by atoms with van der Waals surface area (Å²) < 4.78 is 0. The normalized spacial score (nSPS) is 22.0. The number of likely N-dealkylation sites (tertiary alicyclic amines) is 1. The summed E-state index contributed by atoms with van der Waals surface area (Å²) in [5.74, 6) is 0. The Morgan fingerprint density at radius 1 is 1.22 bits per heavy atom. The average molecular weight is 256 g/mol. The molecule has 1 aliphatic heterocycles. The third-order valence-corrected chi connectivity index (χ3v) is 3.99. The molecule has 0 amide bonds. The average Bonchev–Trinajstić information content (AvgIpc) is 2.33. The van der Waals surface area contributed by atoms with Gasteiger partial charge in [-0.25, -0.2) is 0 Å². The standard InChI is InChI=1S/C15H32N2O/c1-4-8-15(3,12-16-9-5-2)13-17-10-6-14(18)7-11-17/h14,16,18H,4-13H2,1-3H3. The largest absolute Gasteiger partial charge is 0.393 e. The van der Waals surface area contributed by atoms with E-state index < -0.39 is 0 Å². The van der Waals surface area contributed by atoms with E-state index in [4.69, 9.17) is 0 Å². The van der Waals surface area contributed by atoms with Gasteiger partial charge in [0.15, 0.2) is 0 Å². The van der Waals surface area contributed by atoms with Gasteiger partial charge in [-0.05, 0) is 37.6 Å². The molecule has 1 saturated heterocycles. The number of aliphatic hydroxyl groups is 1. The van der Waals surface area contributed by atoms with Crippen LogP contribution in [0.3, 0.4) is 0 Å². The minimum atomic E-state index is -0.0584. The summed E-state index contributed by atoms with van der Waals surface area (Å²) in [6.45, 7) is 12.4. The van der Waals surface area contributed by atoms with Gasteiger partial charge in [0.1, 0.15) is 0 Å². The fourth-order valence-electron chi connectivity index (χ4n) is 3.01. The predicted molar refractivity (Wildman–Crippen MR) is 77.9 cm³/mol. The molecule has 0 aromatic heterocycles. The molecule has 0 aromatic rings. The minimum Gasteiger partial charge on any atom is -0.393 e. The van der Waals surface area contributed by atoms with Crippen molar-refractivity contribution in [3.8, 4) is 0 Å². The minimum absolute atomic E-state index is 0.0584. The summed E-state index contributed by atoms with van der Waals surface area (Å²) in [7, 11) is 0. The van der Waals surface area contributed by atoms with E-state index in [0.29, 0.717) is 5.41 Å². The zero-order chi connectivity index (χ0) is 13.4. The fourth-order valence-corrected chi connectivity index (χ4v) is 3.01. The van der Waals surface area contributed by atoms with Crippen LogP contribution in [0.15, 0.2) is 0 Å². The molecule has 0 saturated carbocycles. The van der Waals surface area contributed by atoms with Crippen molar-refractivity contribution in [3.05, 3.63) is 0 Å². The summed E-state index contributed by atoms with van der Waals surface area (Å²) in [5, 5.41) is 13.1. The van der Waals surface area contributed by atoms with E-state index in [0.717, 1.165) is 39.0 Å². The van der Waals surface area contributed by atoms with Gasteiger partial charge in [0.25, 0.3) is 0 Å². The summed E-state index contributed by atoms with van der Waals surface area (Å²) in [5.41, 5.74) is 0.381. The number of hydrogen-bond acceptors (Lipinski definition) is 3. The third kappa shape index (κ3) is 5.68. The molecule has 1 atom stereocenters. The van der Waals surface area contributed by atoms with E-state index in [2.05, 4.69) is 31.0 Å². The Hall–Kier alpha value is -0.120. The number of nitrogens with zero attached hydrogens (tertiary/aromatic N) is 1. The van der Waals surface area contributed by atoms with Crippen LogP contribution in [-0.4, -0.2) is 48.8 Å². The number of nitrogens with one attached hydrogen (secondary N) is 1. The van der Waals surface area contributed by atoms with Crippen molar-refractivity contribution in [2.75, 3.05) is 32.7 Å². The van der Waals surface area contributed by atoms with E-state index in [9.17, 15) is 5.11 Å². The van der Waals surface area contributed by atoms with Gasteiger partial charge in [-0.2, -0.15) is 0 Å². The first kappa shape index (κ1) is 15.9. The van der Waals surface area contributed by atoms with Crippen molar-refractivity contribution in [2.45, 2.75) is 59.0 Å². The van der Waals surface area contributed by atoms with Crippen molar-refractivity contribution in [2.24, 2.45) is 5.41 Å². The van der Waals surface area contributed by atoms with E-state index in [1.54, 1.807) is 0 Å². The Morgan fingerprint density at radius 2 is 1.89 bits per heavy atom. The van der Waals surface area contributed by atoms with Gasteiger partial charge in [-0.1, -0.05) is 27.2 Å². The summed E-state index contributed by atoms with van der Waals surface area (Å²) >= 11 is 0. The van der Waals surface area contributed by atoms with E-state index in [1.807, 2.05) is 0 Å². The molecule has 0 aliphatic carbocycles. The van der Waals surface area contributed by atoms with Crippen LogP contribution in [-0.2, 0) is 0 Å². The van der Waals surface area contributed by atoms with Crippen LogP contribution in [0.2, 0.25) is 0 Å². The van der Waals surface area contributed by atoms with Crippen LogP contribution in [0.4, 0.5) is 0 Å². The molecule has 3 nitrogen and oxygen atoms in total. The molecule has 1 fully saturated rings. The second kappa shape index (κ2) is 8.13. The predicted octanol–water partition coefficient (Wildman–Crippen LogP) is 2.25. The molecule has 0 spiro atoms. The molecule has 2 N–H and O–H groups in total. The van der Waals surface area contributed by atoms with Gasteiger partial charge in [0.05, 0.1) is 6.10 Å². The number of aliphatic hydroxyl groups excluding tert-OH is 1. The molecule has 0 radical (unpaired) electrons. The lowest BCUT2D eigenvalue weighted by molar-refractivity contribution is 0.0572. The van der Waals surface area contributed by atoms with Gasteiger partial charge in [0.2, 0.25) is 0 Å². The summed E-state index contributed by atoms with van der Waals surface area (Å²) in [6, 6.07) is 0. The zero-order valence-electron chi connectivity index (χ0n) is 12.5. The van der Waals surface area contributed by atoms with Gasteiger partial charge in [-0.3, -0.25) is 0 Å². The van der Waals surface area contributed by atoms with Gasteiger partial charge < -0.3 is 15.3 Å². The highest BCUT2D eigenvalue weighted by atomic mass is 16.3. The molecule has 3 heteroatoms. The molecule has 1 unspecified atom stereocenters. The first-order valence-electron chi connectivity index (χ1n) is 7.71. The highest BCUT2D eigenvalue weighted by Gasteiger charge is 2.28. The molecule has 1 rings (SSSR count). The number of rotatable bonds is 8. The third-order valence-electron chi connectivity index (χ3n) is 3.99. The van der Waals surface area contributed by atoms with Crippen molar-refractivity contribution >= 4 is 0 Å². The molecule has 18 heavy (non-hydrogen) atoms. The maximum Gasteiger partial charge on any atom is 0.0564 e. The Labute approximate surface area is 113 Å². The molecule has 0 aromatic carbocycles. The first-order chi connectivity index (χ1) is 8.59. The SMILES string of the molecule is CCCNCC(C)(CCC)CN1CCC(O)CC1. The lowest BCUT2D eigenvalue weighted by Crippen LogP contribution is -2.46. The van der Waals surface area contributed by atoms with E-state index >= 15 is 0 Å². The number of hydrogen-bond donors (Lipinski definition) is 2. The summed E-state index contributed by atoms with van der Waals surface area (Å²) in [6.07, 6.45) is 5.58. The van der Waals surface area contributed by atoms with Crippen LogP contribution in [0.25, 0.3) is 0 Å². The van der Waals surface area contributed by atoms with Crippen molar-refractivity contribution in [1.82, 2.24) is 10.2 Å². The van der Waals surface area contributed by atoms with E-state index in [1.165, 1.54) is 25.8 Å². The quantitative estimate of drug-likeness (QED) is 0.654. The van der Waals surface area contributed by atoms with Crippen molar-refractivity contribution in [1.29, 1.82) is 0 Å². The van der Waals surface area contributed by atoms with Crippen LogP contribution in [0, 0.1) is 5.41 Å². The fraction of sp³-hybridized carbons (Fsp3) is 1.00. The van der Waals surface area contributed by atoms with Gasteiger partial charge >= 0.3 is 0 Å². The Bertz CT molecular complexity index is 215. The molecule has 1 aliphatic rings. The van der Waals surface area contributed by atoms with Crippen LogP contribution < -0.4 is 5.32 Å². The Kier molecular flexibility index (Phi) is 7.20. The maximum absolute atomic E-state index is 9.56. The highest BCUT2D eigenvalue weighted by molar-refractivity contribution is 4.83. The van der Waals surface area contributed by atoms with Crippen LogP contribution in [0.5, 0.6) is 0 Å². The molecular weight excluding hydrogens is 224 g/mol. The number of piperidine rings is 1. The van der Waals surface area contributed by atoms with Gasteiger partial charge in [0, 0.05) is 26.2 Å². The Balaban J connectivity index is 2.39. The first-order valence-corrected chi connectivity index (χ1v) is 7.71. The second-order valence-corrected chi connectivity index (χ2v) is 6.24. The molecule has 108 valence electrons. The monoisotopic (exact) mass is 256 g/mol. The molecule has 0 bridgehead atoms. The van der Waals surface area contributed by atoms with Crippen LogP contribution >= 0.6 is 0 Å². The molecular formula is C15H32N2O. The van der Waals surface area contributed by atoms with E-state index in [-0.39, 0.29) is 6.10 Å². The lowest BCUT2D eigenvalue weighted by atomic mass is 9.84. The summed E-state index contributed by atoms with van der Waals surface area (Å²) in [4.78, 5) is 2.54. The zero-order valence-corrected chi connectivity index (χ0v) is 12.5. The second-order valence-electron chi connectivity index (χ2n) is 6.24. The highest BCUT2D eigenvalue weighted by Crippen LogP contribution is 2.25. The van der Waals surface area contributed by atoms with Crippen molar-refractivity contribution < 1.29 is 5.11 Å². The molecule has 1 heterocycles. The smallest absolute Gasteiger partial charge is 0.0564 e. The van der Waals surface area contributed by atoms with Crippen LogP contribution in [0.1, 0.15) is 52.9 Å².